The van der Waals surface area contributed by atoms with Gasteiger partial charge in [-0.05, 0) is 49.2 Å². The second kappa shape index (κ2) is 7.12. The first-order valence-corrected chi connectivity index (χ1v) is 9.58. The van der Waals surface area contributed by atoms with E-state index in [-0.39, 0.29) is 17.8 Å². The van der Waals surface area contributed by atoms with Crippen LogP contribution in [0.4, 0.5) is 4.39 Å². The number of benzene rings is 1. The molecule has 0 atom stereocenters. The Balaban J connectivity index is 1.26. The Morgan fingerprint density at radius 1 is 1.10 bits per heavy atom. The number of carbonyl (C=O) groups is 1. The molecule has 1 N–H and O–H groups in total. The molecule has 146 valence electrons. The van der Waals surface area contributed by atoms with E-state index in [0.717, 1.165) is 29.7 Å². The fourth-order valence-electron chi connectivity index (χ4n) is 3.81. The highest BCUT2D eigenvalue weighted by molar-refractivity contribution is 5.98. The van der Waals surface area contributed by atoms with Gasteiger partial charge >= 0.3 is 0 Å². The topological polar surface area (TPSA) is 79.7 Å². The van der Waals surface area contributed by atoms with Crippen LogP contribution in [0.1, 0.15) is 29.4 Å². The van der Waals surface area contributed by atoms with Crippen molar-refractivity contribution in [2.24, 2.45) is 0 Å². The summed E-state index contributed by atoms with van der Waals surface area (Å²) >= 11 is 0. The zero-order valence-electron chi connectivity index (χ0n) is 15.6. The third kappa shape index (κ3) is 3.37. The van der Waals surface area contributed by atoms with Gasteiger partial charge in [-0.25, -0.2) is 9.07 Å². The van der Waals surface area contributed by atoms with Crippen LogP contribution >= 0.6 is 0 Å². The summed E-state index contributed by atoms with van der Waals surface area (Å²) in [7, 11) is 0. The molecule has 3 aromatic heterocycles. The third-order valence-corrected chi connectivity index (χ3v) is 5.38. The number of aromatic nitrogens is 5. The molecule has 0 bridgehead atoms. The minimum absolute atomic E-state index is 0.0622. The van der Waals surface area contributed by atoms with Crippen molar-refractivity contribution < 1.29 is 9.18 Å². The first-order valence-electron chi connectivity index (χ1n) is 9.58. The van der Waals surface area contributed by atoms with Gasteiger partial charge in [0, 0.05) is 30.2 Å². The first-order chi connectivity index (χ1) is 14.2. The van der Waals surface area contributed by atoms with E-state index in [4.69, 9.17) is 0 Å². The van der Waals surface area contributed by atoms with Crippen molar-refractivity contribution in [1.29, 1.82) is 0 Å². The number of hydrogen-bond donors (Lipinski definition) is 1. The van der Waals surface area contributed by atoms with Crippen LogP contribution < -0.4 is 0 Å². The average molecular weight is 390 g/mol. The van der Waals surface area contributed by atoms with Gasteiger partial charge in [-0.15, -0.1) is 5.10 Å². The maximum Gasteiger partial charge on any atom is 0.270 e. The first kappa shape index (κ1) is 17.5. The molecule has 1 amide bonds. The van der Waals surface area contributed by atoms with Crippen LogP contribution in [0, 0.1) is 5.82 Å². The molecule has 1 aliphatic rings. The minimum atomic E-state index is -0.311. The Morgan fingerprint density at radius 3 is 2.76 bits per heavy atom. The normalized spacial score (nSPS) is 15.1. The van der Waals surface area contributed by atoms with E-state index >= 15 is 0 Å². The molecule has 1 saturated heterocycles. The Bertz CT molecular complexity index is 1160. The molecule has 29 heavy (non-hydrogen) atoms. The SMILES string of the molecule is O=C(c1cc2cc(F)ccc2[nH]1)N1CCC(n2cc(-c3ccccn3)nn2)CC1. The van der Waals surface area contributed by atoms with Crippen molar-refractivity contribution in [3.63, 3.8) is 0 Å². The van der Waals surface area contributed by atoms with Crippen molar-refractivity contribution in [2.75, 3.05) is 13.1 Å². The Hall–Kier alpha value is -3.55. The lowest BCUT2D eigenvalue weighted by molar-refractivity contribution is 0.0684. The molecular weight excluding hydrogens is 371 g/mol. The number of H-pyrrole nitrogens is 1. The van der Waals surface area contributed by atoms with E-state index in [1.807, 2.05) is 34.0 Å². The van der Waals surface area contributed by atoms with Crippen LogP contribution in [0.15, 0.2) is 54.9 Å². The molecule has 4 aromatic rings. The number of hydrogen-bond acceptors (Lipinski definition) is 4. The van der Waals surface area contributed by atoms with Crippen LogP contribution in [0.3, 0.4) is 0 Å². The summed E-state index contributed by atoms with van der Waals surface area (Å²) in [5.74, 6) is -0.373. The number of likely N-dealkylation sites (tertiary alicyclic amines) is 1. The Kier molecular flexibility index (Phi) is 4.31. The number of fused-ring (bicyclic) bond motifs is 1. The molecule has 0 saturated carbocycles. The van der Waals surface area contributed by atoms with Crippen molar-refractivity contribution in [3.05, 3.63) is 66.4 Å². The van der Waals surface area contributed by atoms with E-state index in [9.17, 15) is 9.18 Å². The standard InChI is InChI=1S/C21H19FN6O/c22-15-4-5-17-14(11-15)12-19(24-17)21(29)27-9-6-16(7-10-27)28-13-20(25-26-28)18-3-1-2-8-23-18/h1-5,8,11-13,16,24H,6-7,9-10H2. The van der Waals surface area contributed by atoms with Crippen LogP contribution in [0.2, 0.25) is 0 Å². The second-order valence-corrected chi connectivity index (χ2v) is 7.24. The van der Waals surface area contributed by atoms with Gasteiger partial charge in [0.05, 0.1) is 17.9 Å². The molecular formula is C21H19FN6O. The summed E-state index contributed by atoms with van der Waals surface area (Å²) in [5.41, 5.74) is 2.78. The number of halogens is 1. The van der Waals surface area contributed by atoms with E-state index < -0.39 is 0 Å². The number of pyridine rings is 1. The number of amides is 1. The fourth-order valence-corrected chi connectivity index (χ4v) is 3.81. The van der Waals surface area contributed by atoms with Gasteiger partial charge in [0.2, 0.25) is 0 Å². The number of rotatable bonds is 3. The lowest BCUT2D eigenvalue weighted by atomic mass is 10.0. The molecule has 1 fully saturated rings. The smallest absolute Gasteiger partial charge is 0.270 e. The van der Waals surface area contributed by atoms with Crippen molar-refractivity contribution in [2.45, 2.75) is 18.9 Å². The van der Waals surface area contributed by atoms with E-state index in [1.165, 1.54) is 12.1 Å². The summed E-state index contributed by atoms with van der Waals surface area (Å²) in [5, 5.41) is 9.19. The molecule has 8 heteroatoms. The maximum absolute atomic E-state index is 13.4. The molecule has 0 radical (unpaired) electrons. The summed E-state index contributed by atoms with van der Waals surface area (Å²) in [4.78, 5) is 22.1. The quantitative estimate of drug-likeness (QED) is 0.581. The minimum Gasteiger partial charge on any atom is -0.351 e. The fraction of sp³-hybridized carbons (Fsp3) is 0.238. The zero-order chi connectivity index (χ0) is 19.8. The van der Waals surface area contributed by atoms with Gasteiger partial charge in [-0.2, -0.15) is 0 Å². The molecule has 0 unspecified atom stereocenters. The number of nitrogens with zero attached hydrogens (tertiary/aromatic N) is 5. The maximum atomic E-state index is 13.4. The highest BCUT2D eigenvalue weighted by Crippen LogP contribution is 2.25. The summed E-state index contributed by atoms with van der Waals surface area (Å²) in [6.07, 6.45) is 5.24. The number of aromatic amines is 1. The van der Waals surface area contributed by atoms with Crippen LogP contribution in [-0.2, 0) is 0 Å². The number of carbonyl (C=O) groups excluding carboxylic acids is 1. The summed E-state index contributed by atoms with van der Waals surface area (Å²) in [6, 6.07) is 12.1. The Labute approximate surface area is 166 Å². The second-order valence-electron chi connectivity index (χ2n) is 7.24. The van der Waals surface area contributed by atoms with Crippen molar-refractivity contribution in [3.8, 4) is 11.4 Å². The van der Waals surface area contributed by atoms with Gasteiger partial charge in [-0.3, -0.25) is 9.78 Å². The molecule has 1 aromatic carbocycles. The molecule has 1 aliphatic heterocycles. The largest absolute Gasteiger partial charge is 0.351 e. The Morgan fingerprint density at radius 2 is 1.97 bits per heavy atom. The predicted octanol–water partition coefficient (Wildman–Crippen LogP) is 3.44. The van der Waals surface area contributed by atoms with Gasteiger partial charge in [0.1, 0.15) is 17.2 Å². The number of piperidine rings is 1. The van der Waals surface area contributed by atoms with E-state index in [2.05, 4.69) is 20.3 Å². The molecule has 5 rings (SSSR count). The average Bonchev–Trinajstić information content (AvgIpc) is 3.41. The number of nitrogens with one attached hydrogen (secondary N) is 1. The summed E-state index contributed by atoms with van der Waals surface area (Å²) < 4.78 is 15.3. The third-order valence-electron chi connectivity index (χ3n) is 5.38. The van der Waals surface area contributed by atoms with Crippen molar-refractivity contribution in [1.82, 2.24) is 29.9 Å². The van der Waals surface area contributed by atoms with Crippen LogP contribution in [-0.4, -0.2) is 48.9 Å². The van der Waals surface area contributed by atoms with Crippen molar-refractivity contribution >= 4 is 16.8 Å². The molecule has 0 aliphatic carbocycles. The molecule has 0 spiro atoms. The van der Waals surface area contributed by atoms with Gasteiger partial charge in [0.15, 0.2) is 0 Å². The molecule has 7 nitrogen and oxygen atoms in total. The van der Waals surface area contributed by atoms with Gasteiger partial charge in [0.25, 0.3) is 5.91 Å². The van der Waals surface area contributed by atoms with Crippen LogP contribution in [0.25, 0.3) is 22.3 Å². The highest BCUT2D eigenvalue weighted by Gasteiger charge is 2.26. The summed E-state index contributed by atoms with van der Waals surface area (Å²) in [6.45, 7) is 1.26. The zero-order valence-corrected chi connectivity index (χ0v) is 15.6. The lowest BCUT2D eigenvalue weighted by Crippen LogP contribution is -2.39. The molecule has 4 heterocycles. The van der Waals surface area contributed by atoms with Gasteiger partial charge < -0.3 is 9.88 Å². The van der Waals surface area contributed by atoms with Crippen LogP contribution in [0.5, 0.6) is 0 Å². The van der Waals surface area contributed by atoms with E-state index in [0.29, 0.717) is 24.2 Å². The van der Waals surface area contributed by atoms with E-state index in [1.54, 1.807) is 18.3 Å². The highest BCUT2D eigenvalue weighted by atomic mass is 19.1. The monoisotopic (exact) mass is 390 g/mol. The predicted molar refractivity (Wildman–Crippen MR) is 106 cm³/mol. The van der Waals surface area contributed by atoms with Gasteiger partial charge in [-0.1, -0.05) is 11.3 Å². The lowest BCUT2D eigenvalue weighted by Gasteiger charge is -2.31.